The van der Waals surface area contributed by atoms with Crippen molar-refractivity contribution in [2.75, 3.05) is 19.6 Å². The zero-order chi connectivity index (χ0) is 18.8. The summed E-state index contributed by atoms with van der Waals surface area (Å²) in [5.74, 6) is -1.22. The number of halogens is 2. The van der Waals surface area contributed by atoms with E-state index in [1.807, 2.05) is 11.9 Å². The number of nitrogens with zero attached hydrogens (tertiary/aromatic N) is 2. The molecule has 4 rings (SSSR count). The highest BCUT2D eigenvalue weighted by Crippen LogP contribution is 2.38. The number of hydrogen-bond acceptors (Lipinski definition) is 5. The number of amides is 1. The van der Waals surface area contributed by atoms with E-state index in [9.17, 15) is 13.6 Å². The number of carbonyl (C=O) groups excluding carboxylic acids is 1. The Morgan fingerprint density at radius 1 is 1.22 bits per heavy atom. The van der Waals surface area contributed by atoms with Crippen molar-refractivity contribution < 1.29 is 18.1 Å². The molecule has 2 heterocycles. The van der Waals surface area contributed by atoms with E-state index in [4.69, 9.17) is 4.52 Å². The quantitative estimate of drug-likeness (QED) is 0.755. The third-order valence-electron chi connectivity index (χ3n) is 4.89. The lowest BCUT2D eigenvalue weighted by molar-refractivity contribution is 0.0933. The maximum atomic E-state index is 13.8. The summed E-state index contributed by atoms with van der Waals surface area (Å²) in [6.45, 7) is 2.70. The predicted octanol–water partition coefficient (Wildman–Crippen LogP) is 3.87. The Morgan fingerprint density at radius 2 is 2.00 bits per heavy atom. The normalized spacial score (nSPS) is 18.6. The van der Waals surface area contributed by atoms with Gasteiger partial charge in [0.15, 0.2) is 11.5 Å². The summed E-state index contributed by atoms with van der Waals surface area (Å²) in [7, 11) is 0. The first-order valence-electron chi connectivity index (χ1n) is 9.20. The molecule has 27 heavy (non-hydrogen) atoms. The molecule has 1 aliphatic heterocycles. The lowest BCUT2D eigenvalue weighted by Crippen LogP contribution is -2.36. The van der Waals surface area contributed by atoms with E-state index >= 15 is 0 Å². The van der Waals surface area contributed by atoms with Crippen LogP contribution < -0.4 is 5.32 Å². The van der Waals surface area contributed by atoms with Crippen LogP contribution in [-0.2, 0) is 0 Å². The van der Waals surface area contributed by atoms with Gasteiger partial charge in [-0.25, -0.2) is 8.78 Å². The molecule has 1 amide bonds. The summed E-state index contributed by atoms with van der Waals surface area (Å²) < 4.78 is 34.3. The fourth-order valence-corrected chi connectivity index (χ4v) is 4.32. The van der Waals surface area contributed by atoms with Crippen molar-refractivity contribution in [1.29, 1.82) is 0 Å². The molecule has 0 radical (unpaired) electrons. The number of benzene rings is 1. The van der Waals surface area contributed by atoms with Crippen molar-refractivity contribution in [2.24, 2.45) is 5.92 Å². The van der Waals surface area contributed by atoms with Gasteiger partial charge in [-0.05, 0) is 43.7 Å². The van der Waals surface area contributed by atoms with Crippen LogP contribution in [0.1, 0.15) is 36.2 Å². The van der Waals surface area contributed by atoms with Gasteiger partial charge in [-0.3, -0.25) is 9.10 Å². The van der Waals surface area contributed by atoms with Gasteiger partial charge in [0.1, 0.15) is 11.6 Å². The summed E-state index contributed by atoms with van der Waals surface area (Å²) >= 11 is 1.98. The first-order chi connectivity index (χ1) is 13.1. The van der Waals surface area contributed by atoms with E-state index in [-0.39, 0.29) is 22.9 Å². The maximum absolute atomic E-state index is 13.8. The molecule has 0 unspecified atom stereocenters. The van der Waals surface area contributed by atoms with Crippen LogP contribution in [-0.4, -0.2) is 40.3 Å². The molecule has 5 nitrogen and oxygen atoms in total. The Morgan fingerprint density at radius 3 is 2.70 bits per heavy atom. The number of hydrogen-bond donors (Lipinski definition) is 1. The van der Waals surface area contributed by atoms with E-state index in [0.29, 0.717) is 12.5 Å². The minimum absolute atomic E-state index is 0.0727. The van der Waals surface area contributed by atoms with E-state index in [1.165, 1.54) is 25.0 Å². The number of rotatable bonds is 6. The van der Waals surface area contributed by atoms with E-state index in [1.54, 1.807) is 0 Å². The third-order valence-corrected chi connectivity index (χ3v) is 6.32. The zero-order valence-corrected chi connectivity index (χ0v) is 15.6. The molecule has 1 aromatic carbocycles. The number of carbonyl (C=O) groups is 1. The van der Waals surface area contributed by atoms with Crippen molar-refractivity contribution in [1.82, 2.24) is 14.8 Å². The van der Waals surface area contributed by atoms with Crippen LogP contribution in [0.4, 0.5) is 8.78 Å². The monoisotopic (exact) mass is 393 g/mol. The highest BCUT2D eigenvalue weighted by atomic mass is 32.2. The van der Waals surface area contributed by atoms with Gasteiger partial charge in [-0.1, -0.05) is 17.1 Å². The van der Waals surface area contributed by atoms with Gasteiger partial charge in [-0.2, -0.15) is 0 Å². The SMILES string of the molecule is O=C(NCC1CCN(SC2CC2)CC1)c1cc(-c2ccc(F)cc2F)on1. The Hall–Kier alpha value is -1.93. The molecule has 1 N–H and O–H groups in total. The second-order valence-electron chi connectivity index (χ2n) is 7.09. The summed E-state index contributed by atoms with van der Waals surface area (Å²) in [5.41, 5.74) is 0.166. The van der Waals surface area contributed by atoms with Crippen molar-refractivity contribution in [2.45, 2.75) is 30.9 Å². The fourth-order valence-electron chi connectivity index (χ4n) is 3.13. The topological polar surface area (TPSA) is 58.4 Å². The molecule has 8 heteroatoms. The van der Waals surface area contributed by atoms with Crippen molar-refractivity contribution in [3.8, 4) is 11.3 Å². The first-order valence-corrected chi connectivity index (χ1v) is 10.0. The molecule has 1 saturated heterocycles. The van der Waals surface area contributed by atoms with Gasteiger partial charge in [-0.15, -0.1) is 0 Å². The summed E-state index contributed by atoms with van der Waals surface area (Å²) in [5, 5.41) is 7.42. The molecular weight excluding hydrogens is 372 g/mol. The Balaban J connectivity index is 1.28. The number of piperidine rings is 1. The van der Waals surface area contributed by atoms with Crippen LogP contribution in [0, 0.1) is 17.6 Å². The average molecular weight is 393 g/mol. The fraction of sp³-hybridized carbons (Fsp3) is 0.474. The molecule has 0 bridgehead atoms. The van der Waals surface area contributed by atoms with Gasteiger partial charge in [0.2, 0.25) is 0 Å². The van der Waals surface area contributed by atoms with Crippen molar-refractivity contribution in [3.05, 3.63) is 41.6 Å². The van der Waals surface area contributed by atoms with Crippen LogP contribution in [0.5, 0.6) is 0 Å². The van der Waals surface area contributed by atoms with E-state index < -0.39 is 11.6 Å². The second-order valence-corrected chi connectivity index (χ2v) is 8.48. The Labute approximate surface area is 160 Å². The zero-order valence-electron chi connectivity index (χ0n) is 14.8. The third kappa shape index (κ3) is 4.68. The van der Waals surface area contributed by atoms with E-state index in [0.717, 1.165) is 43.3 Å². The smallest absolute Gasteiger partial charge is 0.273 e. The standard InChI is InChI=1S/C19H21F2N3O2S/c20-13-1-4-15(16(21)9-13)18-10-17(23-26-18)19(25)22-11-12-5-7-24(8-6-12)27-14-2-3-14/h1,4,9-10,12,14H,2-3,5-8,11H2,(H,22,25). The Kier molecular flexibility index (Phi) is 5.45. The second kappa shape index (κ2) is 7.98. The van der Waals surface area contributed by atoms with Crippen LogP contribution in [0.15, 0.2) is 28.8 Å². The molecule has 1 aromatic heterocycles. The molecule has 144 valence electrons. The largest absolute Gasteiger partial charge is 0.355 e. The van der Waals surface area contributed by atoms with Crippen LogP contribution in [0.25, 0.3) is 11.3 Å². The highest BCUT2D eigenvalue weighted by Gasteiger charge is 2.28. The van der Waals surface area contributed by atoms with Gasteiger partial charge in [0.05, 0.1) is 5.56 Å². The summed E-state index contributed by atoms with van der Waals surface area (Å²) in [6.07, 6.45) is 4.79. The lowest BCUT2D eigenvalue weighted by atomic mass is 9.98. The average Bonchev–Trinajstić information content (AvgIpc) is 3.33. The maximum Gasteiger partial charge on any atom is 0.273 e. The van der Waals surface area contributed by atoms with Crippen LogP contribution in [0.3, 0.4) is 0 Å². The van der Waals surface area contributed by atoms with Gasteiger partial charge in [0.25, 0.3) is 5.91 Å². The lowest BCUT2D eigenvalue weighted by Gasteiger charge is -2.31. The minimum Gasteiger partial charge on any atom is -0.355 e. The van der Waals surface area contributed by atoms with Gasteiger partial charge < -0.3 is 9.84 Å². The van der Waals surface area contributed by atoms with Crippen LogP contribution in [0.2, 0.25) is 0 Å². The highest BCUT2D eigenvalue weighted by molar-refractivity contribution is 7.97. The van der Waals surface area contributed by atoms with Crippen molar-refractivity contribution >= 4 is 17.9 Å². The van der Waals surface area contributed by atoms with Gasteiger partial charge in [0, 0.05) is 37.0 Å². The van der Waals surface area contributed by atoms with Gasteiger partial charge >= 0.3 is 0 Å². The molecule has 0 atom stereocenters. The number of aromatic nitrogens is 1. The van der Waals surface area contributed by atoms with Crippen LogP contribution >= 0.6 is 11.9 Å². The van der Waals surface area contributed by atoms with E-state index in [2.05, 4.69) is 14.8 Å². The molecule has 2 aliphatic rings. The Bertz CT molecular complexity index is 817. The first kappa shape index (κ1) is 18.4. The molecule has 2 aromatic rings. The predicted molar refractivity (Wildman–Crippen MR) is 99.1 cm³/mol. The molecule has 2 fully saturated rings. The molecular formula is C19H21F2N3O2S. The summed E-state index contributed by atoms with van der Waals surface area (Å²) in [6, 6.07) is 4.54. The number of nitrogens with one attached hydrogen (secondary N) is 1. The minimum atomic E-state index is -0.756. The molecule has 1 saturated carbocycles. The summed E-state index contributed by atoms with van der Waals surface area (Å²) in [4.78, 5) is 12.3. The molecule has 0 spiro atoms. The molecule has 1 aliphatic carbocycles. The van der Waals surface area contributed by atoms with Crippen molar-refractivity contribution in [3.63, 3.8) is 0 Å².